The predicted octanol–water partition coefficient (Wildman–Crippen LogP) is -0.467. The van der Waals surface area contributed by atoms with Crippen LogP contribution in [0.25, 0.3) is 0 Å². The lowest BCUT2D eigenvalue weighted by Crippen LogP contribution is -2.52. The van der Waals surface area contributed by atoms with E-state index in [1.807, 2.05) is 0 Å². The fraction of sp³-hybridized carbons (Fsp3) is 0.438. The van der Waals surface area contributed by atoms with Crippen LogP contribution in [0.2, 0.25) is 0 Å². The summed E-state index contributed by atoms with van der Waals surface area (Å²) >= 11 is 1.73. The second-order valence-electron chi connectivity index (χ2n) is 5.57. The molecule has 1 aliphatic rings. The van der Waals surface area contributed by atoms with Crippen molar-refractivity contribution >= 4 is 23.6 Å². The van der Waals surface area contributed by atoms with E-state index in [0.29, 0.717) is 18.5 Å². The summed E-state index contributed by atoms with van der Waals surface area (Å²) in [6.45, 7) is 0.334. The van der Waals surface area contributed by atoms with Crippen molar-refractivity contribution in [2.45, 2.75) is 31.6 Å². The van der Waals surface area contributed by atoms with Crippen LogP contribution in [0.5, 0.6) is 0 Å². The number of aliphatic hydroxyl groups excluding tert-OH is 2. The average molecular weight is 366 g/mol. The molecular weight excluding hydrogens is 344 g/mol. The first-order valence-electron chi connectivity index (χ1n) is 7.89. The van der Waals surface area contributed by atoms with Gasteiger partial charge in [0.1, 0.15) is 0 Å². The number of carbonyl (C=O) groups is 2. The van der Waals surface area contributed by atoms with Gasteiger partial charge in [0, 0.05) is 24.7 Å². The Balaban J connectivity index is 1.79. The largest absolute Gasteiger partial charge is 0.380 e. The molecule has 8 nitrogen and oxygen atoms in total. The van der Waals surface area contributed by atoms with E-state index in [-0.39, 0.29) is 6.54 Å². The van der Waals surface area contributed by atoms with Crippen molar-refractivity contribution in [1.82, 2.24) is 15.3 Å². The van der Waals surface area contributed by atoms with Crippen molar-refractivity contribution in [2.24, 2.45) is 5.84 Å². The number of hydrazine groups is 1. The number of aliphatic hydroxyl groups is 2. The summed E-state index contributed by atoms with van der Waals surface area (Å²) < 4.78 is 0. The van der Waals surface area contributed by atoms with Crippen LogP contribution in [0.4, 0.5) is 0 Å². The van der Waals surface area contributed by atoms with Gasteiger partial charge in [-0.2, -0.15) is 0 Å². The zero-order chi connectivity index (χ0) is 18.2. The lowest BCUT2D eigenvalue weighted by atomic mass is 10.1. The highest BCUT2D eigenvalue weighted by molar-refractivity contribution is 8.03. The van der Waals surface area contributed by atoms with E-state index in [0.717, 1.165) is 17.2 Å². The van der Waals surface area contributed by atoms with Gasteiger partial charge < -0.3 is 15.5 Å². The smallest absolute Gasteiger partial charge is 0.268 e. The lowest BCUT2D eigenvalue weighted by Gasteiger charge is -2.22. The van der Waals surface area contributed by atoms with Gasteiger partial charge in [0.2, 0.25) is 0 Å². The van der Waals surface area contributed by atoms with E-state index in [4.69, 9.17) is 5.84 Å². The maximum absolute atomic E-state index is 12.1. The van der Waals surface area contributed by atoms with Crippen LogP contribution < -0.4 is 11.2 Å². The summed E-state index contributed by atoms with van der Waals surface area (Å²) in [4.78, 5) is 29.0. The second kappa shape index (κ2) is 9.52. The number of hydrogen-bond donors (Lipinski definition) is 4. The van der Waals surface area contributed by atoms with Crippen LogP contribution >= 0.6 is 11.8 Å². The van der Waals surface area contributed by atoms with Crippen molar-refractivity contribution in [3.05, 3.63) is 41.1 Å². The van der Waals surface area contributed by atoms with Gasteiger partial charge in [-0.25, -0.2) is 5.84 Å². The molecule has 1 aliphatic heterocycles. The number of nitrogens with zero attached hydrogens (tertiary/aromatic N) is 2. The Morgan fingerprint density at radius 2 is 2.20 bits per heavy atom. The molecule has 2 atom stereocenters. The average Bonchev–Trinajstić information content (AvgIpc) is 3.14. The fourth-order valence-corrected chi connectivity index (χ4v) is 3.25. The topological polar surface area (TPSA) is 129 Å². The maximum atomic E-state index is 12.1. The Morgan fingerprint density at radius 1 is 1.40 bits per heavy atom. The van der Waals surface area contributed by atoms with Crippen molar-refractivity contribution < 1.29 is 19.8 Å². The Hall–Kier alpha value is -1.94. The number of pyridine rings is 1. The Morgan fingerprint density at radius 3 is 2.84 bits per heavy atom. The number of aromatic nitrogens is 1. The molecule has 0 aromatic carbocycles. The highest BCUT2D eigenvalue weighted by Crippen LogP contribution is 2.26. The third-order valence-electron chi connectivity index (χ3n) is 3.63. The number of nitrogens with one attached hydrogen (secondary N) is 1. The SMILES string of the molecule is NN(Cc1cccnc1)C(=O)[C@H](O)[C@@H](O)C(=O)NCCC1=CCCS1. The van der Waals surface area contributed by atoms with Crippen molar-refractivity contribution in [1.29, 1.82) is 0 Å². The zero-order valence-corrected chi connectivity index (χ0v) is 14.5. The molecule has 0 spiro atoms. The molecular formula is C16H22N4O4S. The van der Waals surface area contributed by atoms with Crippen LogP contribution in [-0.4, -0.2) is 56.5 Å². The molecule has 0 saturated heterocycles. The molecule has 136 valence electrons. The van der Waals surface area contributed by atoms with Gasteiger partial charge in [-0.05, 0) is 29.4 Å². The van der Waals surface area contributed by atoms with E-state index in [2.05, 4.69) is 16.4 Å². The number of thioether (sulfide) groups is 1. The van der Waals surface area contributed by atoms with E-state index in [1.165, 1.54) is 11.1 Å². The van der Waals surface area contributed by atoms with Crippen LogP contribution in [-0.2, 0) is 16.1 Å². The van der Waals surface area contributed by atoms with E-state index in [9.17, 15) is 19.8 Å². The molecule has 25 heavy (non-hydrogen) atoms. The van der Waals surface area contributed by atoms with Gasteiger partial charge in [-0.1, -0.05) is 12.1 Å². The standard InChI is InChI=1S/C16H22N4O4S/c17-20(10-11-3-1-6-18-9-11)16(24)14(22)13(21)15(23)19-7-5-12-4-2-8-25-12/h1,3-4,6,9,13-14,21-22H,2,5,7-8,10,17H2,(H,19,23)/t13-,14-/m1/s1. The quantitative estimate of drug-likeness (QED) is 0.278. The minimum absolute atomic E-state index is 0.00342. The molecule has 2 heterocycles. The number of hydrogen-bond acceptors (Lipinski definition) is 7. The molecule has 0 bridgehead atoms. The number of allylic oxidation sites excluding steroid dienone is 1. The summed E-state index contributed by atoms with van der Waals surface area (Å²) in [6.07, 6.45) is 3.09. The molecule has 0 aliphatic carbocycles. The second-order valence-corrected chi connectivity index (χ2v) is 6.79. The Bertz CT molecular complexity index is 626. The van der Waals surface area contributed by atoms with Gasteiger partial charge in [0.05, 0.1) is 6.54 Å². The van der Waals surface area contributed by atoms with Crippen LogP contribution in [0.3, 0.4) is 0 Å². The summed E-state index contributed by atoms with van der Waals surface area (Å²) in [7, 11) is 0. The summed E-state index contributed by atoms with van der Waals surface area (Å²) in [6, 6.07) is 3.40. The first-order valence-corrected chi connectivity index (χ1v) is 8.88. The summed E-state index contributed by atoms with van der Waals surface area (Å²) in [5, 5.41) is 23.0. The minimum atomic E-state index is -1.93. The number of nitrogens with two attached hydrogens (primary N) is 1. The Labute approximate surface area is 150 Å². The minimum Gasteiger partial charge on any atom is -0.380 e. The van der Waals surface area contributed by atoms with Gasteiger partial charge in [-0.3, -0.25) is 19.6 Å². The van der Waals surface area contributed by atoms with Crippen LogP contribution in [0.15, 0.2) is 35.5 Å². The molecule has 9 heteroatoms. The van der Waals surface area contributed by atoms with Crippen LogP contribution in [0.1, 0.15) is 18.4 Å². The monoisotopic (exact) mass is 366 g/mol. The van der Waals surface area contributed by atoms with Gasteiger partial charge in [0.25, 0.3) is 11.8 Å². The van der Waals surface area contributed by atoms with Crippen LogP contribution in [0, 0.1) is 0 Å². The van der Waals surface area contributed by atoms with E-state index >= 15 is 0 Å². The predicted molar refractivity (Wildman–Crippen MR) is 93.8 cm³/mol. The van der Waals surface area contributed by atoms with Crippen molar-refractivity contribution in [3.63, 3.8) is 0 Å². The molecule has 0 radical (unpaired) electrons. The molecule has 0 saturated carbocycles. The first kappa shape index (κ1) is 19.4. The normalized spacial score (nSPS) is 16.0. The molecule has 0 fully saturated rings. The number of rotatable bonds is 8. The van der Waals surface area contributed by atoms with E-state index in [1.54, 1.807) is 30.1 Å². The Kier molecular flexibility index (Phi) is 7.38. The highest BCUT2D eigenvalue weighted by atomic mass is 32.2. The molecule has 5 N–H and O–H groups in total. The first-order chi connectivity index (χ1) is 12.0. The van der Waals surface area contributed by atoms with Crippen molar-refractivity contribution in [2.75, 3.05) is 12.3 Å². The highest BCUT2D eigenvalue weighted by Gasteiger charge is 2.32. The van der Waals surface area contributed by atoms with Crippen molar-refractivity contribution in [3.8, 4) is 0 Å². The van der Waals surface area contributed by atoms with E-state index < -0.39 is 24.0 Å². The summed E-state index contributed by atoms with van der Waals surface area (Å²) in [5.41, 5.74) is 0.659. The van der Waals surface area contributed by atoms with Gasteiger partial charge in [0.15, 0.2) is 12.2 Å². The third-order valence-corrected chi connectivity index (χ3v) is 4.81. The number of carbonyl (C=O) groups excluding carboxylic acids is 2. The number of amides is 2. The van der Waals surface area contributed by atoms with Gasteiger partial charge in [-0.15, -0.1) is 11.8 Å². The zero-order valence-electron chi connectivity index (χ0n) is 13.7. The molecule has 0 unspecified atom stereocenters. The molecule has 1 aromatic rings. The lowest BCUT2D eigenvalue weighted by molar-refractivity contribution is -0.153. The molecule has 1 aromatic heterocycles. The summed E-state index contributed by atoms with van der Waals surface area (Å²) in [5.74, 6) is 4.91. The third kappa shape index (κ3) is 5.82. The molecule has 2 rings (SSSR count). The molecule has 2 amide bonds. The maximum Gasteiger partial charge on any atom is 0.268 e. The van der Waals surface area contributed by atoms with Gasteiger partial charge >= 0.3 is 0 Å². The fourth-order valence-electron chi connectivity index (χ4n) is 2.27.